The number of nitrogens with zero attached hydrogens (tertiary/aromatic N) is 3. The summed E-state index contributed by atoms with van der Waals surface area (Å²) in [4.78, 5) is 4.66. The predicted molar refractivity (Wildman–Crippen MR) is 124 cm³/mol. The highest BCUT2D eigenvalue weighted by atomic mass is 32.2. The third-order valence-electron chi connectivity index (χ3n) is 6.70. The minimum Gasteiger partial charge on any atom is -0.490 e. The highest BCUT2D eigenvalue weighted by Gasteiger charge is 2.37. The number of ether oxygens (including phenoxy) is 1. The molecule has 0 radical (unpaired) electrons. The number of anilines is 1. The van der Waals surface area contributed by atoms with Crippen LogP contribution in [0.3, 0.4) is 0 Å². The van der Waals surface area contributed by atoms with Crippen molar-refractivity contribution in [1.29, 1.82) is 0 Å². The van der Waals surface area contributed by atoms with Gasteiger partial charge in [-0.05, 0) is 34.9 Å². The maximum Gasteiger partial charge on any atom is 0.243 e. The van der Waals surface area contributed by atoms with Crippen molar-refractivity contribution in [2.24, 2.45) is 0 Å². The third-order valence-corrected chi connectivity index (χ3v) is 8.48. The van der Waals surface area contributed by atoms with Crippen LogP contribution in [0, 0.1) is 0 Å². The molecule has 0 aromatic heterocycles. The van der Waals surface area contributed by atoms with Gasteiger partial charge in [0.05, 0.1) is 23.7 Å². The van der Waals surface area contributed by atoms with E-state index in [2.05, 4.69) is 17.0 Å². The van der Waals surface area contributed by atoms with Gasteiger partial charge in [0.15, 0.2) is 0 Å². The lowest BCUT2D eigenvalue weighted by Crippen LogP contribution is -2.50. The van der Waals surface area contributed by atoms with Crippen LogP contribution >= 0.6 is 0 Å². The topological polar surface area (TPSA) is 73.3 Å². The largest absolute Gasteiger partial charge is 0.490 e. The number of fused-ring (bicyclic) bond motifs is 1. The SMILES string of the molecule is CN1CCOc2ccc(S(=O)(=O)N3CC(=C4CN(C[C@@H](CO)c5ccccc5)C4)C3)cc21. The molecular weight excluding hydrogens is 426 g/mol. The van der Waals surface area contributed by atoms with Crippen LogP contribution in [0.2, 0.25) is 0 Å². The number of sulfonamides is 1. The molecule has 7 nitrogen and oxygen atoms in total. The molecule has 0 unspecified atom stereocenters. The fourth-order valence-electron chi connectivity index (χ4n) is 4.56. The number of likely N-dealkylation sites (N-methyl/N-ethyl adjacent to an activating group) is 1. The van der Waals surface area contributed by atoms with Crippen LogP contribution in [0.1, 0.15) is 11.5 Å². The Balaban J connectivity index is 1.20. The van der Waals surface area contributed by atoms with Crippen molar-refractivity contribution in [3.05, 3.63) is 65.2 Å². The van der Waals surface area contributed by atoms with Crippen molar-refractivity contribution >= 4 is 15.7 Å². The maximum absolute atomic E-state index is 13.1. The molecule has 2 saturated heterocycles. The molecular formula is C24H29N3O4S. The van der Waals surface area contributed by atoms with Gasteiger partial charge in [-0.3, -0.25) is 4.90 Å². The van der Waals surface area contributed by atoms with E-state index in [0.29, 0.717) is 24.6 Å². The van der Waals surface area contributed by atoms with Crippen molar-refractivity contribution in [3.63, 3.8) is 0 Å². The van der Waals surface area contributed by atoms with Gasteiger partial charge in [-0.15, -0.1) is 0 Å². The second-order valence-corrected chi connectivity index (χ2v) is 10.8. The molecule has 2 fully saturated rings. The second-order valence-electron chi connectivity index (χ2n) is 8.84. The monoisotopic (exact) mass is 455 g/mol. The van der Waals surface area contributed by atoms with Gasteiger partial charge in [-0.1, -0.05) is 30.3 Å². The van der Waals surface area contributed by atoms with Gasteiger partial charge in [0.1, 0.15) is 12.4 Å². The zero-order chi connectivity index (χ0) is 22.3. The zero-order valence-electron chi connectivity index (χ0n) is 18.3. The number of likely N-dealkylation sites (tertiary alicyclic amines) is 1. The molecule has 2 aromatic carbocycles. The molecule has 8 heteroatoms. The van der Waals surface area contributed by atoms with E-state index < -0.39 is 10.0 Å². The third kappa shape index (κ3) is 3.92. The Morgan fingerprint density at radius 1 is 1.03 bits per heavy atom. The van der Waals surface area contributed by atoms with Crippen LogP contribution in [0.4, 0.5) is 5.69 Å². The van der Waals surface area contributed by atoms with Crippen LogP contribution in [0.15, 0.2) is 64.6 Å². The van der Waals surface area contributed by atoms with E-state index in [1.807, 2.05) is 30.1 Å². The fourth-order valence-corrected chi connectivity index (χ4v) is 6.02. The normalized spacial score (nSPS) is 20.2. The van der Waals surface area contributed by atoms with Crippen molar-refractivity contribution < 1.29 is 18.3 Å². The Bertz CT molecular complexity index is 1120. The number of benzene rings is 2. The Labute approximate surface area is 189 Å². The van der Waals surface area contributed by atoms with E-state index in [1.54, 1.807) is 22.5 Å². The van der Waals surface area contributed by atoms with Gasteiger partial charge in [-0.2, -0.15) is 4.31 Å². The molecule has 32 heavy (non-hydrogen) atoms. The second kappa shape index (κ2) is 8.51. The summed E-state index contributed by atoms with van der Waals surface area (Å²) in [6.45, 7) is 4.94. The van der Waals surface area contributed by atoms with Crippen LogP contribution in [-0.2, 0) is 10.0 Å². The van der Waals surface area contributed by atoms with E-state index in [4.69, 9.17) is 4.74 Å². The van der Waals surface area contributed by atoms with Crippen LogP contribution < -0.4 is 9.64 Å². The molecule has 0 aliphatic carbocycles. The maximum atomic E-state index is 13.1. The standard InChI is InChI=1S/C24H29N3O4S/c1-25-9-10-31-24-8-7-22(11-23(24)25)32(29,30)27-15-20(16-27)19-12-26(13-19)14-21(17-28)18-5-3-2-4-6-18/h2-8,11,21,28H,9-10,12-17H2,1H3/t21-/m0/s1. The van der Waals surface area contributed by atoms with Crippen molar-refractivity contribution in [1.82, 2.24) is 9.21 Å². The summed E-state index contributed by atoms with van der Waals surface area (Å²) in [6.07, 6.45) is 0. The van der Waals surface area contributed by atoms with E-state index in [-0.39, 0.29) is 12.5 Å². The Hall–Kier alpha value is -2.39. The minimum absolute atomic E-state index is 0.104. The van der Waals surface area contributed by atoms with Gasteiger partial charge in [0.25, 0.3) is 0 Å². The molecule has 3 aliphatic heterocycles. The molecule has 0 amide bonds. The Morgan fingerprint density at radius 2 is 1.75 bits per heavy atom. The van der Waals surface area contributed by atoms with Gasteiger partial charge in [0, 0.05) is 45.7 Å². The average molecular weight is 456 g/mol. The number of aliphatic hydroxyl groups excluding tert-OH is 1. The fraction of sp³-hybridized carbons (Fsp3) is 0.417. The summed E-state index contributed by atoms with van der Waals surface area (Å²) in [6, 6.07) is 15.2. The van der Waals surface area contributed by atoms with Crippen LogP contribution in [-0.4, -0.2) is 82.3 Å². The first-order valence-corrected chi connectivity index (χ1v) is 12.5. The lowest BCUT2D eigenvalue weighted by molar-refractivity contribution is 0.182. The number of hydrogen-bond acceptors (Lipinski definition) is 6. The summed E-state index contributed by atoms with van der Waals surface area (Å²) in [7, 11) is -1.56. The molecule has 3 aliphatic rings. The van der Waals surface area contributed by atoms with E-state index in [9.17, 15) is 13.5 Å². The first-order chi connectivity index (χ1) is 15.5. The first-order valence-electron chi connectivity index (χ1n) is 11.0. The molecule has 5 rings (SSSR count). The van der Waals surface area contributed by atoms with E-state index in [1.165, 1.54) is 11.1 Å². The van der Waals surface area contributed by atoms with Crippen molar-refractivity contribution in [2.75, 3.05) is 64.4 Å². The highest BCUT2D eigenvalue weighted by Crippen LogP contribution is 2.36. The summed E-state index contributed by atoms with van der Waals surface area (Å²) in [5, 5.41) is 9.78. The molecule has 3 heterocycles. The smallest absolute Gasteiger partial charge is 0.243 e. The zero-order valence-corrected chi connectivity index (χ0v) is 19.1. The number of hydrogen-bond donors (Lipinski definition) is 1. The van der Waals surface area contributed by atoms with Crippen molar-refractivity contribution in [2.45, 2.75) is 10.8 Å². The quantitative estimate of drug-likeness (QED) is 0.671. The van der Waals surface area contributed by atoms with Crippen LogP contribution in [0.5, 0.6) is 5.75 Å². The first kappa shape index (κ1) is 21.5. The minimum atomic E-state index is -3.51. The molecule has 0 saturated carbocycles. The Kier molecular flexibility index (Phi) is 5.71. The van der Waals surface area contributed by atoms with Gasteiger partial charge < -0.3 is 14.7 Å². The molecule has 1 N–H and O–H groups in total. The highest BCUT2D eigenvalue weighted by molar-refractivity contribution is 7.89. The lowest BCUT2D eigenvalue weighted by Gasteiger charge is -2.42. The van der Waals surface area contributed by atoms with Gasteiger partial charge >= 0.3 is 0 Å². The molecule has 0 bridgehead atoms. The van der Waals surface area contributed by atoms with Crippen molar-refractivity contribution in [3.8, 4) is 5.75 Å². The number of rotatable bonds is 6. The molecule has 1 atom stereocenters. The van der Waals surface area contributed by atoms with Gasteiger partial charge in [0.2, 0.25) is 10.0 Å². The summed E-state index contributed by atoms with van der Waals surface area (Å²) in [5.41, 5.74) is 4.53. The lowest BCUT2D eigenvalue weighted by atomic mass is 9.93. The Morgan fingerprint density at radius 3 is 2.47 bits per heavy atom. The molecule has 0 spiro atoms. The van der Waals surface area contributed by atoms with Gasteiger partial charge in [-0.25, -0.2) is 8.42 Å². The molecule has 170 valence electrons. The summed E-state index contributed by atoms with van der Waals surface area (Å²) < 4.78 is 33.4. The average Bonchev–Trinajstić information content (AvgIpc) is 2.74. The predicted octanol–water partition coefficient (Wildman–Crippen LogP) is 1.91. The van der Waals surface area contributed by atoms with Crippen LogP contribution in [0.25, 0.3) is 0 Å². The summed E-state index contributed by atoms with van der Waals surface area (Å²) in [5.74, 6) is 0.836. The van der Waals surface area contributed by atoms with E-state index >= 15 is 0 Å². The molecule has 2 aromatic rings. The van der Waals surface area contributed by atoms with E-state index in [0.717, 1.165) is 43.2 Å². The number of aliphatic hydroxyl groups is 1. The summed E-state index contributed by atoms with van der Waals surface area (Å²) >= 11 is 0.